The summed E-state index contributed by atoms with van der Waals surface area (Å²) in [5.74, 6) is -0.0958. The zero-order chi connectivity index (χ0) is 20.0. The van der Waals surface area contributed by atoms with Gasteiger partial charge >= 0.3 is 0 Å². The fraction of sp³-hybridized carbons (Fsp3) is 0.250. The van der Waals surface area contributed by atoms with Crippen LogP contribution in [0, 0.1) is 3.57 Å². The molecule has 3 rings (SSSR count). The van der Waals surface area contributed by atoms with Gasteiger partial charge in [0, 0.05) is 40.8 Å². The van der Waals surface area contributed by atoms with E-state index < -0.39 is 10.0 Å². The summed E-state index contributed by atoms with van der Waals surface area (Å²) in [6.45, 7) is 2.05. The van der Waals surface area contributed by atoms with Crippen LogP contribution in [0.2, 0.25) is 0 Å². The molecule has 1 heterocycles. The van der Waals surface area contributed by atoms with Gasteiger partial charge in [-0.05, 0) is 58.5 Å². The van der Waals surface area contributed by atoms with Gasteiger partial charge in [0.2, 0.25) is 15.9 Å². The van der Waals surface area contributed by atoms with Gasteiger partial charge in [0.05, 0.1) is 6.54 Å². The van der Waals surface area contributed by atoms with Gasteiger partial charge in [-0.2, -0.15) is 4.31 Å². The van der Waals surface area contributed by atoms with Crippen LogP contribution in [0.3, 0.4) is 0 Å². The van der Waals surface area contributed by atoms with Gasteiger partial charge in [-0.25, -0.2) is 8.42 Å². The summed E-state index contributed by atoms with van der Waals surface area (Å²) in [5.41, 5.74) is 1.61. The standard InChI is InChI=1S/C20H22IN3O3S/c21-18-6-8-19(9-7-18)22-20(25)16-23-11-13-24(14-12-23)28(26,27)15-10-17-4-2-1-3-5-17/h1-10,15H,11-14,16H2,(H,22,25)/b15-10+. The number of carbonyl (C=O) groups excluding carboxylic acids is 1. The monoisotopic (exact) mass is 511 g/mol. The molecule has 1 aliphatic rings. The number of nitrogens with zero attached hydrogens (tertiary/aromatic N) is 2. The molecule has 1 saturated heterocycles. The van der Waals surface area contributed by atoms with Gasteiger partial charge < -0.3 is 5.32 Å². The molecule has 1 amide bonds. The van der Waals surface area contributed by atoms with E-state index in [1.165, 1.54) is 9.71 Å². The van der Waals surface area contributed by atoms with Crippen LogP contribution >= 0.6 is 22.6 Å². The molecule has 0 aromatic heterocycles. The van der Waals surface area contributed by atoms with E-state index in [0.29, 0.717) is 26.2 Å². The maximum Gasteiger partial charge on any atom is 0.238 e. The van der Waals surface area contributed by atoms with Gasteiger partial charge in [0.15, 0.2) is 0 Å². The van der Waals surface area contributed by atoms with E-state index in [0.717, 1.165) is 14.8 Å². The second-order valence-corrected chi connectivity index (χ2v) is 9.55. The fourth-order valence-electron chi connectivity index (χ4n) is 2.89. The number of anilines is 1. The molecule has 1 N–H and O–H groups in total. The maximum atomic E-state index is 12.5. The molecule has 1 fully saturated rings. The minimum Gasteiger partial charge on any atom is -0.325 e. The molecule has 0 bridgehead atoms. The second-order valence-electron chi connectivity index (χ2n) is 6.49. The molecule has 28 heavy (non-hydrogen) atoms. The van der Waals surface area contributed by atoms with Crippen molar-refractivity contribution < 1.29 is 13.2 Å². The first-order chi connectivity index (χ1) is 13.4. The van der Waals surface area contributed by atoms with E-state index in [1.54, 1.807) is 6.08 Å². The number of carbonyl (C=O) groups is 1. The summed E-state index contributed by atoms with van der Waals surface area (Å²) in [4.78, 5) is 14.2. The maximum absolute atomic E-state index is 12.5. The lowest BCUT2D eigenvalue weighted by molar-refractivity contribution is -0.117. The van der Waals surface area contributed by atoms with E-state index >= 15 is 0 Å². The van der Waals surface area contributed by atoms with E-state index in [4.69, 9.17) is 0 Å². The van der Waals surface area contributed by atoms with E-state index in [-0.39, 0.29) is 12.5 Å². The van der Waals surface area contributed by atoms with Crippen molar-refractivity contribution >= 4 is 50.3 Å². The highest BCUT2D eigenvalue weighted by molar-refractivity contribution is 14.1. The third kappa shape index (κ3) is 6.13. The van der Waals surface area contributed by atoms with Gasteiger partial charge in [-0.1, -0.05) is 30.3 Å². The predicted molar refractivity (Wildman–Crippen MR) is 120 cm³/mol. The second kappa shape index (κ2) is 9.64. The molecule has 0 spiro atoms. The third-order valence-corrected chi connectivity index (χ3v) is 6.70. The van der Waals surface area contributed by atoms with Crippen LogP contribution in [0.4, 0.5) is 5.69 Å². The number of hydrogen-bond acceptors (Lipinski definition) is 4. The van der Waals surface area contributed by atoms with Crippen LogP contribution in [0.1, 0.15) is 5.56 Å². The first-order valence-electron chi connectivity index (χ1n) is 8.93. The van der Waals surface area contributed by atoms with Crippen LogP contribution in [-0.2, 0) is 14.8 Å². The molecule has 2 aromatic carbocycles. The molecule has 0 atom stereocenters. The van der Waals surface area contributed by atoms with E-state index in [9.17, 15) is 13.2 Å². The van der Waals surface area contributed by atoms with Crippen molar-refractivity contribution in [1.29, 1.82) is 0 Å². The van der Waals surface area contributed by atoms with Crippen molar-refractivity contribution in [3.8, 4) is 0 Å². The lowest BCUT2D eigenvalue weighted by Crippen LogP contribution is -2.49. The Kier molecular flexibility index (Phi) is 7.22. The number of benzene rings is 2. The van der Waals surface area contributed by atoms with E-state index in [2.05, 4.69) is 27.9 Å². The molecule has 0 saturated carbocycles. The Morgan fingerprint density at radius 3 is 2.29 bits per heavy atom. The summed E-state index contributed by atoms with van der Waals surface area (Å²) in [7, 11) is -3.46. The average molecular weight is 511 g/mol. The van der Waals surface area contributed by atoms with Gasteiger partial charge in [0.1, 0.15) is 0 Å². The Balaban J connectivity index is 1.49. The minimum absolute atomic E-state index is 0.0958. The van der Waals surface area contributed by atoms with Gasteiger partial charge in [-0.3, -0.25) is 9.69 Å². The summed E-state index contributed by atoms with van der Waals surface area (Å²) in [5, 5.41) is 4.12. The topological polar surface area (TPSA) is 69.7 Å². The minimum atomic E-state index is -3.46. The summed E-state index contributed by atoms with van der Waals surface area (Å²) in [6, 6.07) is 16.9. The zero-order valence-electron chi connectivity index (χ0n) is 15.3. The number of sulfonamides is 1. The van der Waals surface area contributed by atoms with Crippen LogP contribution in [0.25, 0.3) is 6.08 Å². The average Bonchev–Trinajstić information content (AvgIpc) is 2.69. The number of amides is 1. The quantitative estimate of drug-likeness (QED) is 0.606. The normalized spacial score (nSPS) is 16.3. The van der Waals surface area contributed by atoms with Gasteiger partial charge in [0.25, 0.3) is 0 Å². The number of halogens is 1. The highest BCUT2D eigenvalue weighted by Crippen LogP contribution is 2.13. The Morgan fingerprint density at radius 2 is 1.64 bits per heavy atom. The Bertz CT molecular complexity index is 923. The van der Waals surface area contributed by atoms with Crippen molar-refractivity contribution in [1.82, 2.24) is 9.21 Å². The summed E-state index contributed by atoms with van der Waals surface area (Å²) >= 11 is 2.21. The first-order valence-corrected chi connectivity index (χ1v) is 11.5. The number of piperazine rings is 1. The molecular formula is C20H22IN3O3S. The number of nitrogens with one attached hydrogen (secondary N) is 1. The molecular weight excluding hydrogens is 489 g/mol. The summed E-state index contributed by atoms with van der Waals surface area (Å²) in [6.07, 6.45) is 1.61. The smallest absolute Gasteiger partial charge is 0.238 e. The Labute approximate surface area is 179 Å². The van der Waals surface area contributed by atoms with Crippen molar-refractivity contribution in [2.45, 2.75) is 0 Å². The molecule has 0 unspecified atom stereocenters. The molecule has 148 valence electrons. The van der Waals surface area contributed by atoms with Crippen LogP contribution in [0.5, 0.6) is 0 Å². The lowest BCUT2D eigenvalue weighted by Gasteiger charge is -2.32. The predicted octanol–water partition coefficient (Wildman–Crippen LogP) is 2.85. The van der Waals surface area contributed by atoms with Crippen molar-refractivity contribution in [2.75, 3.05) is 38.0 Å². The van der Waals surface area contributed by atoms with E-state index in [1.807, 2.05) is 59.5 Å². The largest absolute Gasteiger partial charge is 0.325 e. The molecule has 1 aliphatic heterocycles. The molecule has 0 radical (unpaired) electrons. The third-order valence-electron chi connectivity index (χ3n) is 4.42. The van der Waals surface area contributed by atoms with Crippen molar-refractivity contribution in [2.24, 2.45) is 0 Å². The fourth-order valence-corrected chi connectivity index (χ4v) is 4.43. The Morgan fingerprint density at radius 1 is 1.00 bits per heavy atom. The SMILES string of the molecule is O=C(CN1CCN(S(=O)(=O)/C=C/c2ccccc2)CC1)Nc1ccc(I)cc1. The van der Waals surface area contributed by atoms with Gasteiger partial charge in [-0.15, -0.1) is 0 Å². The highest BCUT2D eigenvalue weighted by atomic mass is 127. The van der Waals surface area contributed by atoms with Crippen molar-refractivity contribution in [3.05, 3.63) is 69.1 Å². The zero-order valence-corrected chi connectivity index (χ0v) is 18.3. The molecule has 8 heteroatoms. The highest BCUT2D eigenvalue weighted by Gasteiger charge is 2.25. The molecule has 6 nitrogen and oxygen atoms in total. The van der Waals surface area contributed by atoms with Crippen LogP contribution in [-0.4, -0.2) is 56.3 Å². The molecule has 0 aliphatic carbocycles. The number of rotatable bonds is 6. The Hall–Kier alpha value is -1.75. The summed E-state index contributed by atoms with van der Waals surface area (Å²) < 4.78 is 27.6. The number of hydrogen-bond donors (Lipinski definition) is 1. The lowest BCUT2D eigenvalue weighted by atomic mass is 10.2. The van der Waals surface area contributed by atoms with Crippen molar-refractivity contribution in [3.63, 3.8) is 0 Å². The molecule has 2 aromatic rings. The van der Waals surface area contributed by atoms with Crippen LogP contribution < -0.4 is 5.32 Å². The first kappa shape index (κ1) is 21.0. The van der Waals surface area contributed by atoms with Crippen LogP contribution in [0.15, 0.2) is 60.0 Å².